The van der Waals surface area contributed by atoms with Crippen molar-refractivity contribution in [2.24, 2.45) is 0 Å². The van der Waals surface area contributed by atoms with Crippen LogP contribution in [0.3, 0.4) is 0 Å². The first kappa shape index (κ1) is 16.4. The van der Waals surface area contributed by atoms with Gasteiger partial charge in [0.2, 0.25) is 0 Å². The summed E-state index contributed by atoms with van der Waals surface area (Å²) < 4.78 is 46.6. The minimum Gasteiger partial charge on any atom is -0.466 e. The molecule has 0 radical (unpaired) electrons. The molecule has 16 heavy (non-hydrogen) atoms. The maximum absolute atomic E-state index is 12.3. The second kappa shape index (κ2) is 7.67. The third kappa shape index (κ3) is 5.65. The summed E-state index contributed by atoms with van der Waals surface area (Å²) in [6.07, 6.45) is 1.98. The fraction of sp³-hybridized carbons (Fsp3) is 0.375. The van der Waals surface area contributed by atoms with Gasteiger partial charge in [-0.25, -0.2) is 0 Å². The van der Waals surface area contributed by atoms with E-state index in [0.717, 1.165) is 12.3 Å². The maximum atomic E-state index is 12.3. The van der Waals surface area contributed by atoms with E-state index in [9.17, 15) is 12.9 Å². The summed E-state index contributed by atoms with van der Waals surface area (Å²) >= 11 is 0. The summed E-state index contributed by atoms with van der Waals surface area (Å²) in [7, 11) is 0. The van der Waals surface area contributed by atoms with Crippen LogP contribution in [0.1, 0.15) is 6.92 Å². The fourth-order valence-electron chi connectivity index (χ4n) is 0.887. The summed E-state index contributed by atoms with van der Waals surface area (Å²) in [6.45, 7) is -2.91. The first-order chi connectivity index (χ1) is 7.04. The van der Waals surface area contributed by atoms with Crippen molar-refractivity contribution >= 4 is 12.4 Å². The number of aromatic nitrogens is 1. The first-order valence-corrected chi connectivity index (χ1v) is 4.39. The molecule has 0 saturated carbocycles. The maximum Gasteiger partial charge on any atom is 1.00 e. The van der Waals surface area contributed by atoms with E-state index in [0.29, 0.717) is 6.61 Å². The summed E-state index contributed by atoms with van der Waals surface area (Å²) in [5.74, 6) is 0.0557. The third-order valence-corrected chi connectivity index (χ3v) is 1.63. The summed E-state index contributed by atoms with van der Waals surface area (Å²) in [5, 5.41) is 0. The van der Waals surface area contributed by atoms with Crippen LogP contribution in [-0.2, 0) is 4.74 Å². The topological polar surface area (TPSA) is 31.4 Å². The molecule has 0 amide bonds. The molecule has 8 heteroatoms. The van der Waals surface area contributed by atoms with Crippen LogP contribution in [0, 0.1) is 0 Å². The molecule has 0 aliphatic heterocycles. The number of ether oxygens (including phenoxy) is 2. The monoisotopic (exact) mass is 259 g/mol. The number of rotatable bonds is 5. The van der Waals surface area contributed by atoms with Crippen molar-refractivity contribution in [2.75, 3.05) is 13.4 Å². The van der Waals surface area contributed by atoms with E-state index < -0.39 is 12.4 Å². The van der Waals surface area contributed by atoms with Crippen LogP contribution in [0.2, 0.25) is 0 Å². The third-order valence-electron chi connectivity index (χ3n) is 1.63. The molecule has 84 valence electrons. The zero-order valence-corrected chi connectivity index (χ0v) is 12.2. The average Bonchev–Trinajstić information content (AvgIpc) is 2.17. The molecule has 0 aliphatic rings. The van der Waals surface area contributed by atoms with Crippen molar-refractivity contribution in [1.29, 1.82) is 0 Å². The second-order valence-electron chi connectivity index (χ2n) is 2.78. The van der Waals surface area contributed by atoms with Gasteiger partial charge in [0.15, 0.2) is 6.79 Å². The van der Waals surface area contributed by atoms with Gasteiger partial charge in [0, 0.05) is 12.8 Å². The Hall–Kier alpha value is 0.401. The van der Waals surface area contributed by atoms with E-state index in [1.165, 1.54) is 6.20 Å². The smallest absolute Gasteiger partial charge is 0.466 e. The molecule has 0 spiro atoms. The van der Waals surface area contributed by atoms with E-state index in [2.05, 4.69) is 4.98 Å². The molecular formula is C8H10BF3KNO2. The Morgan fingerprint density at radius 3 is 2.56 bits per heavy atom. The van der Waals surface area contributed by atoms with Crippen molar-refractivity contribution in [1.82, 2.24) is 4.98 Å². The minimum atomic E-state index is -5.03. The molecule has 0 atom stereocenters. The predicted octanol–water partition coefficient (Wildman–Crippen LogP) is -1.49. The van der Waals surface area contributed by atoms with Crippen LogP contribution in [0.4, 0.5) is 12.9 Å². The van der Waals surface area contributed by atoms with Gasteiger partial charge in [-0.3, -0.25) is 4.98 Å². The SMILES string of the molecule is CCOCOc1cncc([B-](F)(F)F)c1.[K+]. The summed E-state index contributed by atoms with van der Waals surface area (Å²) in [4.78, 5) is 3.44. The van der Waals surface area contributed by atoms with Gasteiger partial charge in [-0.2, -0.15) is 0 Å². The normalized spacial score (nSPS) is 10.8. The van der Waals surface area contributed by atoms with Gasteiger partial charge in [0.1, 0.15) is 5.75 Å². The minimum absolute atomic E-state index is 0. The van der Waals surface area contributed by atoms with Gasteiger partial charge in [0.05, 0.1) is 6.20 Å². The van der Waals surface area contributed by atoms with Crippen LogP contribution in [0.15, 0.2) is 18.5 Å². The zero-order chi connectivity index (χ0) is 11.3. The van der Waals surface area contributed by atoms with Crippen LogP contribution in [0.5, 0.6) is 5.75 Å². The Balaban J connectivity index is 0.00000225. The molecule has 1 rings (SSSR count). The number of nitrogens with zero attached hydrogens (tertiary/aromatic N) is 1. The van der Waals surface area contributed by atoms with Crippen molar-refractivity contribution in [3.8, 4) is 5.75 Å². The molecule has 0 bridgehead atoms. The van der Waals surface area contributed by atoms with E-state index >= 15 is 0 Å². The van der Waals surface area contributed by atoms with Crippen molar-refractivity contribution in [3.05, 3.63) is 18.5 Å². The van der Waals surface area contributed by atoms with Crippen LogP contribution >= 0.6 is 0 Å². The standard InChI is InChI=1S/C8H10BF3NO2.K/c1-2-14-6-15-8-3-7(4-13-5-8)9(10,11)12;/h3-5H,2,6H2,1H3;/q-1;+1. The number of pyridine rings is 1. The Labute approximate surface area is 134 Å². The van der Waals surface area contributed by atoms with Gasteiger partial charge in [0.25, 0.3) is 0 Å². The first-order valence-electron chi connectivity index (χ1n) is 4.39. The Bertz CT molecular complexity index is 324. The molecule has 0 aliphatic carbocycles. The molecule has 3 nitrogen and oxygen atoms in total. The van der Waals surface area contributed by atoms with Crippen molar-refractivity contribution in [3.63, 3.8) is 0 Å². The van der Waals surface area contributed by atoms with Crippen LogP contribution in [-0.4, -0.2) is 25.4 Å². The quantitative estimate of drug-likeness (QED) is 0.367. The Kier molecular flexibility index (Phi) is 7.87. The average molecular weight is 259 g/mol. The van der Waals surface area contributed by atoms with Gasteiger partial charge in [-0.1, -0.05) is 5.46 Å². The van der Waals surface area contributed by atoms with Crippen molar-refractivity contribution in [2.45, 2.75) is 6.92 Å². The van der Waals surface area contributed by atoms with Gasteiger partial charge >= 0.3 is 58.4 Å². The summed E-state index contributed by atoms with van der Waals surface area (Å²) in [5.41, 5.74) is -0.774. The Morgan fingerprint density at radius 2 is 2.00 bits per heavy atom. The van der Waals surface area contributed by atoms with E-state index in [1.807, 2.05) is 0 Å². The van der Waals surface area contributed by atoms with E-state index in [4.69, 9.17) is 9.47 Å². The van der Waals surface area contributed by atoms with Gasteiger partial charge in [-0.05, 0) is 13.0 Å². The number of hydrogen-bond donors (Lipinski definition) is 0. The molecule has 1 heterocycles. The van der Waals surface area contributed by atoms with Gasteiger partial charge in [-0.15, -0.1) is 0 Å². The molecule has 1 aromatic heterocycles. The van der Waals surface area contributed by atoms with Crippen LogP contribution in [0.25, 0.3) is 0 Å². The van der Waals surface area contributed by atoms with Crippen LogP contribution < -0.4 is 61.6 Å². The molecule has 0 saturated heterocycles. The number of hydrogen-bond acceptors (Lipinski definition) is 3. The fourth-order valence-corrected chi connectivity index (χ4v) is 0.887. The van der Waals surface area contributed by atoms with E-state index in [1.54, 1.807) is 6.92 Å². The second-order valence-corrected chi connectivity index (χ2v) is 2.78. The van der Waals surface area contributed by atoms with E-state index in [-0.39, 0.29) is 63.9 Å². The van der Waals surface area contributed by atoms with Gasteiger partial charge < -0.3 is 22.4 Å². The molecule has 1 aromatic rings. The molecule has 0 aromatic carbocycles. The predicted molar refractivity (Wildman–Crippen MR) is 50.1 cm³/mol. The Morgan fingerprint density at radius 1 is 1.31 bits per heavy atom. The molecular weight excluding hydrogens is 249 g/mol. The number of halogens is 3. The molecule has 0 fully saturated rings. The largest absolute Gasteiger partial charge is 1.00 e. The molecule has 0 N–H and O–H groups in total. The summed E-state index contributed by atoms with van der Waals surface area (Å²) in [6, 6.07) is 0.909. The zero-order valence-electron chi connectivity index (χ0n) is 9.12. The molecule has 0 unspecified atom stereocenters. The van der Waals surface area contributed by atoms with Crippen molar-refractivity contribution < 1.29 is 73.8 Å².